The molecule has 2 aromatic rings. The van der Waals surface area contributed by atoms with Crippen LogP contribution in [-0.2, 0) is 0 Å². The van der Waals surface area contributed by atoms with E-state index in [-0.39, 0.29) is 5.78 Å². The Morgan fingerprint density at radius 2 is 2.27 bits per heavy atom. The van der Waals surface area contributed by atoms with Crippen molar-refractivity contribution < 1.29 is 4.79 Å². The van der Waals surface area contributed by atoms with Crippen molar-refractivity contribution in [1.82, 2.24) is 4.98 Å². The Hall–Kier alpha value is -1.13. The molecular formula is C11H9NOS2. The molecule has 15 heavy (non-hydrogen) atoms. The van der Waals surface area contributed by atoms with Crippen molar-refractivity contribution >= 4 is 28.9 Å². The van der Waals surface area contributed by atoms with Crippen LogP contribution in [0.25, 0.3) is 0 Å². The van der Waals surface area contributed by atoms with E-state index in [0.29, 0.717) is 5.69 Å². The lowest BCUT2D eigenvalue weighted by Crippen LogP contribution is -2.02. The zero-order valence-corrected chi connectivity index (χ0v) is 9.77. The van der Waals surface area contributed by atoms with Gasteiger partial charge in [-0.1, -0.05) is 6.07 Å². The average molecular weight is 235 g/mol. The molecule has 0 radical (unpaired) electrons. The quantitative estimate of drug-likeness (QED) is 0.605. The highest BCUT2D eigenvalue weighted by atomic mass is 32.2. The summed E-state index contributed by atoms with van der Waals surface area (Å²) in [6, 6.07) is 7.23. The first-order valence-electron chi connectivity index (χ1n) is 4.40. The number of thiophene rings is 1. The number of hydrogen-bond donors (Lipinski definition) is 0. The van der Waals surface area contributed by atoms with E-state index in [2.05, 4.69) is 4.98 Å². The van der Waals surface area contributed by atoms with E-state index >= 15 is 0 Å². The molecule has 2 aromatic heterocycles. The van der Waals surface area contributed by atoms with Crippen LogP contribution in [0.4, 0.5) is 0 Å². The highest BCUT2D eigenvalue weighted by Crippen LogP contribution is 2.28. The van der Waals surface area contributed by atoms with Gasteiger partial charge in [0.1, 0.15) is 5.69 Å². The van der Waals surface area contributed by atoms with Crippen LogP contribution in [0.3, 0.4) is 0 Å². The first-order chi connectivity index (χ1) is 7.33. The number of hydrogen-bond acceptors (Lipinski definition) is 4. The number of nitrogens with zero attached hydrogens (tertiary/aromatic N) is 1. The molecule has 2 nitrogen and oxygen atoms in total. The number of ketones is 1. The monoisotopic (exact) mass is 235 g/mol. The molecule has 0 aromatic carbocycles. The van der Waals surface area contributed by atoms with Gasteiger partial charge in [0.15, 0.2) is 0 Å². The molecule has 0 bridgehead atoms. The number of carbonyl (C=O) groups excluding carboxylic acids is 1. The van der Waals surface area contributed by atoms with Gasteiger partial charge in [0, 0.05) is 11.8 Å². The topological polar surface area (TPSA) is 30.0 Å². The maximum atomic E-state index is 12.0. The Morgan fingerprint density at radius 1 is 1.40 bits per heavy atom. The summed E-state index contributed by atoms with van der Waals surface area (Å²) in [6.07, 6.45) is 3.61. The molecule has 0 fully saturated rings. The summed E-state index contributed by atoms with van der Waals surface area (Å²) in [5.41, 5.74) is 1.26. The highest BCUT2D eigenvalue weighted by Gasteiger charge is 2.14. The van der Waals surface area contributed by atoms with Gasteiger partial charge in [-0.15, -0.1) is 23.1 Å². The molecule has 0 aliphatic rings. The normalized spacial score (nSPS) is 10.2. The van der Waals surface area contributed by atoms with Gasteiger partial charge in [-0.3, -0.25) is 9.78 Å². The predicted octanol–water partition coefficient (Wildman–Crippen LogP) is 3.10. The molecule has 2 heterocycles. The van der Waals surface area contributed by atoms with Crippen molar-refractivity contribution in [3.63, 3.8) is 0 Å². The van der Waals surface area contributed by atoms with Crippen molar-refractivity contribution in [2.45, 2.75) is 4.21 Å². The predicted molar refractivity (Wildman–Crippen MR) is 63.8 cm³/mol. The lowest BCUT2D eigenvalue weighted by molar-refractivity contribution is 0.103. The maximum absolute atomic E-state index is 12.0. The van der Waals surface area contributed by atoms with E-state index in [1.54, 1.807) is 41.4 Å². The largest absolute Gasteiger partial charge is 0.287 e. The zero-order chi connectivity index (χ0) is 10.7. The summed E-state index contributed by atoms with van der Waals surface area (Å²) in [5.74, 6) is 0.00111. The van der Waals surface area contributed by atoms with Crippen molar-refractivity contribution in [2.24, 2.45) is 0 Å². The SMILES string of the molecule is CSc1sccc1C(=O)c1ccccn1. The van der Waals surface area contributed by atoms with Crippen LogP contribution in [0, 0.1) is 0 Å². The molecule has 0 aliphatic carbocycles. The number of pyridine rings is 1. The summed E-state index contributed by atoms with van der Waals surface area (Å²) in [6.45, 7) is 0. The second kappa shape index (κ2) is 4.59. The molecule has 0 aliphatic heterocycles. The molecule has 0 saturated carbocycles. The molecular weight excluding hydrogens is 226 g/mol. The lowest BCUT2D eigenvalue weighted by atomic mass is 10.1. The Morgan fingerprint density at radius 3 is 2.93 bits per heavy atom. The highest BCUT2D eigenvalue weighted by molar-refractivity contribution is 8.00. The van der Waals surface area contributed by atoms with Crippen molar-refractivity contribution in [3.8, 4) is 0 Å². The summed E-state index contributed by atoms with van der Waals surface area (Å²) in [5, 5.41) is 1.93. The van der Waals surface area contributed by atoms with Gasteiger partial charge in [0.2, 0.25) is 5.78 Å². The summed E-state index contributed by atoms with van der Waals surface area (Å²) in [7, 11) is 0. The number of aromatic nitrogens is 1. The average Bonchev–Trinajstić information content (AvgIpc) is 2.77. The first-order valence-corrected chi connectivity index (χ1v) is 6.50. The van der Waals surface area contributed by atoms with Crippen molar-refractivity contribution in [1.29, 1.82) is 0 Å². The molecule has 0 N–H and O–H groups in total. The minimum atomic E-state index is 0.00111. The number of rotatable bonds is 3. The first kappa shape index (κ1) is 10.4. The van der Waals surface area contributed by atoms with Crippen LogP contribution in [0.2, 0.25) is 0 Å². The Labute approximate surface area is 96.4 Å². The fourth-order valence-electron chi connectivity index (χ4n) is 1.26. The number of thioether (sulfide) groups is 1. The van der Waals surface area contributed by atoms with Gasteiger partial charge < -0.3 is 0 Å². The van der Waals surface area contributed by atoms with Crippen LogP contribution in [0.5, 0.6) is 0 Å². The maximum Gasteiger partial charge on any atom is 0.213 e. The van der Waals surface area contributed by atoms with Gasteiger partial charge in [-0.2, -0.15) is 0 Å². The van der Waals surface area contributed by atoms with Crippen LogP contribution < -0.4 is 0 Å². The molecule has 4 heteroatoms. The van der Waals surface area contributed by atoms with E-state index in [0.717, 1.165) is 9.77 Å². The van der Waals surface area contributed by atoms with Gasteiger partial charge in [0.25, 0.3) is 0 Å². The van der Waals surface area contributed by atoms with E-state index in [1.165, 1.54) is 0 Å². The fourth-order valence-corrected chi connectivity index (χ4v) is 2.80. The molecule has 0 unspecified atom stereocenters. The number of carbonyl (C=O) groups is 1. The standard InChI is InChI=1S/C11H9NOS2/c1-14-11-8(5-7-15-11)10(13)9-4-2-3-6-12-9/h2-7H,1H3. The van der Waals surface area contributed by atoms with Gasteiger partial charge in [0.05, 0.1) is 4.21 Å². The van der Waals surface area contributed by atoms with E-state index in [4.69, 9.17) is 0 Å². The third kappa shape index (κ3) is 2.11. The van der Waals surface area contributed by atoms with Crippen LogP contribution in [-0.4, -0.2) is 17.0 Å². The van der Waals surface area contributed by atoms with Crippen LogP contribution in [0.15, 0.2) is 40.1 Å². The molecule has 0 spiro atoms. The Balaban J connectivity index is 2.37. The van der Waals surface area contributed by atoms with E-state index < -0.39 is 0 Å². The van der Waals surface area contributed by atoms with E-state index in [1.807, 2.05) is 23.8 Å². The van der Waals surface area contributed by atoms with Gasteiger partial charge >= 0.3 is 0 Å². The van der Waals surface area contributed by atoms with Gasteiger partial charge in [-0.25, -0.2) is 0 Å². The summed E-state index contributed by atoms with van der Waals surface area (Å²) >= 11 is 3.18. The van der Waals surface area contributed by atoms with Crippen LogP contribution >= 0.6 is 23.1 Å². The molecule has 76 valence electrons. The lowest BCUT2D eigenvalue weighted by Gasteiger charge is -1.99. The summed E-state index contributed by atoms with van der Waals surface area (Å²) < 4.78 is 1.05. The molecule has 0 amide bonds. The van der Waals surface area contributed by atoms with Crippen LogP contribution in [0.1, 0.15) is 16.1 Å². The summed E-state index contributed by atoms with van der Waals surface area (Å²) in [4.78, 5) is 16.1. The molecule has 2 rings (SSSR count). The second-order valence-electron chi connectivity index (χ2n) is 2.87. The molecule has 0 saturated heterocycles. The Kier molecular flexibility index (Phi) is 3.18. The Bertz CT molecular complexity index is 464. The second-order valence-corrected chi connectivity index (χ2v) is 4.86. The van der Waals surface area contributed by atoms with Gasteiger partial charge in [-0.05, 0) is 29.8 Å². The third-order valence-corrected chi connectivity index (χ3v) is 4.04. The van der Waals surface area contributed by atoms with Crippen molar-refractivity contribution in [2.75, 3.05) is 6.26 Å². The van der Waals surface area contributed by atoms with Crippen molar-refractivity contribution in [3.05, 3.63) is 47.1 Å². The zero-order valence-electron chi connectivity index (χ0n) is 8.14. The molecule has 0 atom stereocenters. The minimum Gasteiger partial charge on any atom is -0.287 e. The van der Waals surface area contributed by atoms with E-state index in [9.17, 15) is 4.79 Å². The fraction of sp³-hybridized carbons (Fsp3) is 0.0909. The third-order valence-electron chi connectivity index (χ3n) is 1.96. The smallest absolute Gasteiger partial charge is 0.213 e. The minimum absolute atomic E-state index is 0.00111.